The van der Waals surface area contributed by atoms with Crippen LogP contribution < -0.4 is 11.5 Å². The Balaban J connectivity index is -0.000000976. The van der Waals surface area contributed by atoms with E-state index in [9.17, 15) is 19.2 Å². The molecule has 31 heavy (non-hydrogen) atoms. The molecular weight excluding hydrogens is 415 g/mol. The molecule has 0 aliphatic rings. The number of ether oxygens (including phenoxy) is 2. The minimum absolute atomic E-state index is 0. The van der Waals surface area contributed by atoms with Crippen molar-refractivity contribution < 1.29 is 33.8 Å². The van der Waals surface area contributed by atoms with Crippen molar-refractivity contribution >= 4 is 53.4 Å². The molecule has 0 bridgehead atoms. The number of carboxylic acids is 1. The molecule has 0 rings (SSSR count). The van der Waals surface area contributed by atoms with Gasteiger partial charge in [0.2, 0.25) is 0 Å². The summed E-state index contributed by atoms with van der Waals surface area (Å²) in [5.41, 5.74) is 10.3. The SMILES string of the molecule is CC(N)C(=O)O.CCCCCCCCCCCC(=O)OC(=O)CCC(N)C(=O)OC.[NaH]. The van der Waals surface area contributed by atoms with E-state index in [2.05, 4.69) is 11.7 Å². The molecule has 5 N–H and O–H groups in total. The fourth-order valence-electron chi connectivity index (χ4n) is 2.35. The van der Waals surface area contributed by atoms with Gasteiger partial charge in [0.25, 0.3) is 0 Å². The molecule has 0 aromatic rings. The number of aliphatic carboxylic acids is 1. The Morgan fingerprint density at radius 2 is 1.26 bits per heavy atom. The molecule has 0 aliphatic heterocycles. The van der Waals surface area contributed by atoms with Gasteiger partial charge in [-0.05, 0) is 19.8 Å². The predicted octanol–water partition coefficient (Wildman–Crippen LogP) is 2.03. The topological polar surface area (TPSA) is 159 Å². The number of rotatable bonds is 15. The van der Waals surface area contributed by atoms with E-state index in [1.807, 2.05) is 0 Å². The van der Waals surface area contributed by atoms with Crippen molar-refractivity contribution in [1.29, 1.82) is 0 Å². The summed E-state index contributed by atoms with van der Waals surface area (Å²) in [5, 5.41) is 7.87. The van der Waals surface area contributed by atoms with E-state index in [1.54, 1.807) is 0 Å². The van der Waals surface area contributed by atoms with Crippen molar-refractivity contribution in [2.24, 2.45) is 11.5 Å². The second-order valence-corrected chi connectivity index (χ2v) is 7.22. The summed E-state index contributed by atoms with van der Waals surface area (Å²) in [4.78, 5) is 43.7. The van der Waals surface area contributed by atoms with Crippen LogP contribution in [0, 0.1) is 0 Å². The molecule has 0 fully saturated rings. The number of methoxy groups -OCH3 is 1. The van der Waals surface area contributed by atoms with Crippen molar-refractivity contribution in [2.45, 2.75) is 103 Å². The first-order valence-electron chi connectivity index (χ1n) is 10.7. The first kappa shape index (κ1) is 34.6. The maximum atomic E-state index is 11.5. The summed E-state index contributed by atoms with van der Waals surface area (Å²) in [6.07, 6.45) is 10.7. The number of unbranched alkanes of at least 4 members (excludes halogenated alkanes) is 8. The Kier molecular flexibility index (Phi) is 26.4. The van der Waals surface area contributed by atoms with Crippen LogP contribution in [0.4, 0.5) is 0 Å². The standard InChI is InChI=1S/C18H33NO5.C3H7NO2.Na.H/c1-3-4-5-6-7-8-9-10-11-12-16(20)24-17(21)14-13-15(19)18(22)23-2;1-2(4)3(5)6;;/h15H,3-14,19H2,1-2H3;2H,4H2,1H3,(H,5,6);;. The summed E-state index contributed by atoms with van der Waals surface area (Å²) in [5.74, 6) is -2.69. The molecule has 9 nitrogen and oxygen atoms in total. The maximum absolute atomic E-state index is 11.5. The third kappa shape index (κ3) is 25.1. The molecule has 0 heterocycles. The van der Waals surface area contributed by atoms with Gasteiger partial charge in [0.05, 0.1) is 7.11 Å². The second kappa shape index (κ2) is 23.7. The molecule has 0 aromatic heterocycles. The van der Waals surface area contributed by atoms with Crippen LogP contribution in [0.25, 0.3) is 0 Å². The zero-order valence-corrected chi connectivity index (χ0v) is 18.7. The minimum atomic E-state index is -0.963. The van der Waals surface area contributed by atoms with Crippen LogP contribution >= 0.6 is 0 Å². The molecular formula is C21H41N2NaO7. The van der Waals surface area contributed by atoms with Crippen LogP contribution in [0.3, 0.4) is 0 Å². The van der Waals surface area contributed by atoms with E-state index in [1.165, 1.54) is 52.6 Å². The summed E-state index contributed by atoms with van der Waals surface area (Å²) in [6, 6.07) is -1.60. The van der Waals surface area contributed by atoms with E-state index in [0.29, 0.717) is 0 Å². The van der Waals surface area contributed by atoms with E-state index >= 15 is 0 Å². The summed E-state index contributed by atoms with van der Waals surface area (Å²) >= 11 is 0. The number of hydrogen-bond donors (Lipinski definition) is 3. The van der Waals surface area contributed by atoms with Crippen molar-refractivity contribution in [3.63, 3.8) is 0 Å². The third-order valence-corrected chi connectivity index (χ3v) is 4.27. The number of carboxylic acid groups (broad SMARTS) is 1. The summed E-state index contributed by atoms with van der Waals surface area (Å²) in [7, 11) is 1.23. The Bertz CT molecular complexity index is 502. The van der Waals surface area contributed by atoms with Gasteiger partial charge in [-0.25, -0.2) is 0 Å². The van der Waals surface area contributed by atoms with Gasteiger partial charge >= 0.3 is 53.4 Å². The summed E-state index contributed by atoms with van der Waals surface area (Å²) in [6.45, 7) is 3.62. The van der Waals surface area contributed by atoms with Gasteiger partial charge in [0.15, 0.2) is 0 Å². The molecule has 0 radical (unpaired) electrons. The van der Waals surface area contributed by atoms with Crippen molar-refractivity contribution in [1.82, 2.24) is 0 Å². The van der Waals surface area contributed by atoms with E-state index in [4.69, 9.17) is 21.3 Å². The zero-order valence-electron chi connectivity index (χ0n) is 18.7. The van der Waals surface area contributed by atoms with E-state index < -0.39 is 36.0 Å². The molecule has 0 amide bonds. The fourth-order valence-corrected chi connectivity index (χ4v) is 2.35. The molecule has 0 saturated heterocycles. The fraction of sp³-hybridized carbons (Fsp3) is 0.810. The van der Waals surface area contributed by atoms with Gasteiger partial charge in [-0.1, -0.05) is 58.3 Å². The summed E-state index contributed by atoms with van der Waals surface area (Å²) < 4.78 is 9.16. The molecule has 2 unspecified atom stereocenters. The van der Waals surface area contributed by atoms with Crippen LogP contribution in [-0.2, 0) is 28.7 Å². The molecule has 178 valence electrons. The van der Waals surface area contributed by atoms with Gasteiger partial charge in [-0.2, -0.15) is 0 Å². The molecule has 0 saturated carbocycles. The van der Waals surface area contributed by atoms with Gasteiger partial charge in [-0.15, -0.1) is 0 Å². The second-order valence-electron chi connectivity index (χ2n) is 7.22. The molecule has 10 heteroatoms. The molecule has 0 aliphatic carbocycles. The zero-order chi connectivity index (χ0) is 23.4. The van der Waals surface area contributed by atoms with E-state index in [-0.39, 0.29) is 48.8 Å². The Morgan fingerprint density at radius 1 is 0.839 bits per heavy atom. The average molecular weight is 457 g/mol. The monoisotopic (exact) mass is 456 g/mol. The van der Waals surface area contributed by atoms with Crippen LogP contribution in [0.2, 0.25) is 0 Å². The van der Waals surface area contributed by atoms with Gasteiger partial charge in [0.1, 0.15) is 12.1 Å². The van der Waals surface area contributed by atoms with Crippen LogP contribution in [0.15, 0.2) is 0 Å². The van der Waals surface area contributed by atoms with Crippen molar-refractivity contribution in [3.05, 3.63) is 0 Å². The van der Waals surface area contributed by atoms with Crippen molar-refractivity contribution in [3.8, 4) is 0 Å². The van der Waals surface area contributed by atoms with Crippen LogP contribution in [0.1, 0.15) is 90.9 Å². The first-order valence-corrected chi connectivity index (χ1v) is 10.7. The molecule has 2 atom stereocenters. The van der Waals surface area contributed by atoms with Gasteiger partial charge in [-0.3, -0.25) is 19.2 Å². The Morgan fingerprint density at radius 3 is 1.68 bits per heavy atom. The Labute approximate surface area is 208 Å². The van der Waals surface area contributed by atoms with Crippen molar-refractivity contribution in [2.75, 3.05) is 7.11 Å². The van der Waals surface area contributed by atoms with Crippen LogP contribution in [-0.4, -0.2) is 77.7 Å². The Hall–Kier alpha value is -1.00. The third-order valence-electron chi connectivity index (χ3n) is 4.27. The first-order chi connectivity index (χ1) is 14.1. The molecule has 0 spiro atoms. The van der Waals surface area contributed by atoms with Gasteiger partial charge in [0, 0.05) is 12.8 Å². The normalized spacial score (nSPS) is 11.8. The van der Waals surface area contributed by atoms with E-state index in [0.717, 1.165) is 19.3 Å². The number of carbonyl (C=O) groups is 4. The number of carbonyl (C=O) groups excluding carboxylic acids is 3. The van der Waals surface area contributed by atoms with Crippen LogP contribution in [0.5, 0.6) is 0 Å². The molecule has 0 aromatic carbocycles. The van der Waals surface area contributed by atoms with Gasteiger partial charge < -0.3 is 26.0 Å². The number of hydrogen-bond acceptors (Lipinski definition) is 8. The average Bonchev–Trinajstić information content (AvgIpc) is 2.70. The quantitative estimate of drug-likeness (QED) is 0.145. The number of esters is 3. The number of nitrogens with two attached hydrogens (primary N) is 2. The predicted molar refractivity (Wildman–Crippen MR) is 121 cm³/mol.